The molecule has 13 heteroatoms. The first-order valence-corrected chi connectivity index (χ1v) is 15.2. The number of anilines is 2. The molecule has 3 saturated heterocycles. The number of hydrogen-bond donors (Lipinski definition) is 2. The Morgan fingerprint density at radius 1 is 1.19 bits per heavy atom. The molecular weight excluding hydrogens is 581 g/mol. The molecule has 5 heterocycles. The minimum atomic E-state index is -0.715. The fourth-order valence-electron chi connectivity index (χ4n) is 6.48. The first-order chi connectivity index (χ1) is 20.2. The molecule has 3 fully saturated rings. The number of para-hydroxylation sites is 1. The van der Waals surface area contributed by atoms with Crippen LogP contribution in [0.3, 0.4) is 0 Å². The zero-order valence-electron chi connectivity index (χ0n) is 23.0. The number of benzene rings is 2. The Kier molecular flexibility index (Phi) is 6.67. The highest BCUT2D eigenvalue weighted by Gasteiger charge is 2.48. The van der Waals surface area contributed by atoms with E-state index >= 15 is 4.39 Å². The van der Waals surface area contributed by atoms with Gasteiger partial charge in [-0.3, -0.25) is 14.9 Å². The molecule has 0 radical (unpaired) electrons. The standard InChI is InChI=1S/C29H29ClFN7O3S/c1-37-9-3-4-15(37)14-41-28-35-24-17(25(36-28)38-10-7-29(8-11-38)13-20(39)33-26(29)40)12-18(30)21(22(24)31)16-5-2-6-19-23(16)34-27(32)42-19/h2,5-6,12,15H,3-4,7-11,13-14H2,1H3,(H2,32,34)(H,33,39,40). The Morgan fingerprint density at radius 2 is 2.00 bits per heavy atom. The molecule has 0 bridgehead atoms. The largest absolute Gasteiger partial charge is 0.462 e. The quantitative estimate of drug-likeness (QED) is 0.317. The third-order valence-corrected chi connectivity index (χ3v) is 10.0. The van der Waals surface area contributed by atoms with Crippen molar-refractivity contribution in [2.24, 2.45) is 5.41 Å². The van der Waals surface area contributed by atoms with Crippen LogP contribution >= 0.6 is 22.9 Å². The van der Waals surface area contributed by atoms with Gasteiger partial charge in [0.15, 0.2) is 10.9 Å². The molecule has 1 spiro atoms. The number of carbonyl (C=O) groups is 2. The number of halogens is 2. The van der Waals surface area contributed by atoms with Gasteiger partial charge in [-0.2, -0.15) is 9.97 Å². The molecule has 3 aliphatic heterocycles. The summed E-state index contributed by atoms with van der Waals surface area (Å²) < 4.78 is 23.5. The highest BCUT2D eigenvalue weighted by Crippen LogP contribution is 2.44. The van der Waals surface area contributed by atoms with Crippen LogP contribution in [0.2, 0.25) is 5.02 Å². The predicted molar refractivity (Wildman–Crippen MR) is 160 cm³/mol. The topological polar surface area (TPSA) is 127 Å². The second-order valence-electron chi connectivity index (χ2n) is 11.4. The third-order valence-electron chi connectivity index (χ3n) is 8.88. The van der Waals surface area contributed by atoms with E-state index < -0.39 is 11.2 Å². The Labute approximate surface area is 250 Å². The van der Waals surface area contributed by atoms with Crippen molar-refractivity contribution < 1.29 is 18.7 Å². The van der Waals surface area contributed by atoms with E-state index in [2.05, 4.69) is 27.2 Å². The summed E-state index contributed by atoms with van der Waals surface area (Å²) in [5.74, 6) is -0.582. The molecule has 218 valence electrons. The lowest BCUT2D eigenvalue weighted by molar-refractivity contribution is -0.129. The Hall–Kier alpha value is -3.61. The van der Waals surface area contributed by atoms with Crippen LogP contribution in [-0.2, 0) is 9.59 Å². The van der Waals surface area contributed by atoms with Crippen LogP contribution in [0.25, 0.3) is 32.2 Å². The second kappa shape index (κ2) is 10.3. The molecule has 42 heavy (non-hydrogen) atoms. The number of likely N-dealkylation sites (tertiary alicyclic amines) is 1. The number of rotatable bonds is 5. The smallest absolute Gasteiger partial charge is 0.319 e. The summed E-state index contributed by atoms with van der Waals surface area (Å²) in [7, 11) is 2.06. The lowest BCUT2D eigenvalue weighted by atomic mass is 9.77. The fourth-order valence-corrected chi connectivity index (χ4v) is 7.54. The number of nitrogen functional groups attached to an aromatic ring is 1. The number of amides is 2. The number of carbonyl (C=O) groups excluding carboxylic acids is 2. The summed E-state index contributed by atoms with van der Waals surface area (Å²) in [6, 6.07) is 7.46. The van der Waals surface area contributed by atoms with Crippen LogP contribution in [0.4, 0.5) is 15.3 Å². The van der Waals surface area contributed by atoms with Gasteiger partial charge in [-0.15, -0.1) is 0 Å². The van der Waals surface area contributed by atoms with Gasteiger partial charge in [-0.25, -0.2) is 9.37 Å². The summed E-state index contributed by atoms with van der Waals surface area (Å²) in [4.78, 5) is 42.5. The predicted octanol–water partition coefficient (Wildman–Crippen LogP) is 4.39. The highest BCUT2D eigenvalue weighted by molar-refractivity contribution is 7.22. The number of likely N-dealkylation sites (N-methyl/N-ethyl adjacent to an activating group) is 1. The molecule has 1 unspecified atom stereocenters. The third kappa shape index (κ3) is 4.52. The van der Waals surface area contributed by atoms with E-state index in [1.165, 1.54) is 11.3 Å². The van der Waals surface area contributed by atoms with E-state index in [9.17, 15) is 9.59 Å². The van der Waals surface area contributed by atoms with Gasteiger partial charge in [0, 0.05) is 42.1 Å². The number of piperidine rings is 1. The van der Waals surface area contributed by atoms with Crippen molar-refractivity contribution >= 4 is 66.8 Å². The average molecular weight is 610 g/mol. The normalized spacial score (nSPS) is 20.7. The Morgan fingerprint density at radius 3 is 2.71 bits per heavy atom. The summed E-state index contributed by atoms with van der Waals surface area (Å²) in [6.07, 6.45) is 3.22. The van der Waals surface area contributed by atoms with Crippen LogP contribution in [0.15, 0.2) is 24.3 Å². The van der Waals surface area contributed by atoms with E-state index in [-0.39, 0.29) is 46.4 Å². The molecule has 2 amide bonds. The second-order valence-corrected chi connectivity index (χ2v) is 12.9. The van der Waals surface area contributed by atoms with Gasteiger partial charge in [0.05, 0.1) is 20.7 Å². The average Bonchev–Trinajstić information content (AvgIpc) is 3.63. The number of nitrogens with two attached hydrogens (primary N) is 1. The number of fused-ring (bicyclic) bond motifs is 2. The minimum absolute atomic E-state index is 0.0788. The Bertz CT molecular complexity index is 1760. The molecule has 4 aromatic rings. The van der Waals surface area contributed by atoms with E-state index in [1.54, 1.807) is 12.1 Å². The summed E-state index contributed by atoms with van der Waals surface area (Å²) in [6.45, 7) is 2.28. The van der Waals surface area contributed by atoms with Crippen molar-refractivity contribution in [1.82, 2.24) is 25.2 Å². The van der Waals surface area contributed by atoms with Gasteiger partial charge in [-0.05, 0) is 51.4 Å². The van der Waals surface area contributed by atoms with Crippen LogP contribution in [0.1, 0.15) is 32.1 Å². The Balaban J connectivity index is 1.32. The number of imide groups is 1. The van der Waals surface area contributed by atoms with Crippen molar-refractivity contribution in [3.8, 4) is 17.1 Å². The molecule has 0 aliphatic carbocycles. The molecule has 2 aromatic heterocycles. The molecule has 10 nitrogen and oxygen atoms in total. The van der Waals surface area contributed by atoms with Gasteiger partial charge in [0.1, 0.15) is 17.9 Å². The number of nitrogens with zero attached hydrogens (tertiary/aromatic N) is 5. The number of aromatic nitrogens is 3. The molecular formula is C29H29ClFN7O3S. The summed E-state index contributed by atoms with van der Waals surface area (Å²) >= 11 is 8.12. The van der Waals surface area contributed by atoms with Crippen LogP contribution in [0, 0.1) is 11.2 Å². The number of thiazole rings is 1. The van der Waals surface area contributed by atoms with E-state index in [0.717, 1.165) is 24.1 Å². The van der Waals surface area contributed by atoms with Gasteiger partial charge in [-0.1, -0.05) is 35.1 Å². The zero-order valence-corrected chi connectivity index (χ0v) is 24.5. The van der Waals surface area contributed by atoms with Crippen LogP contribution in [-0.4, -0.2) is 71.0 Å². The maximum absolute atomic E-state index is 16.6. The number of hydrogen-bond acceptors (Lipinski definition) is 10. The van der Waals surface area contributed by atoms with Gasteiger partial charge < -0.3 is 20.3 Å². The van der Waals surface area contributed by atoms with E-state index in [0.29, 0.717) is 60.0 Å². The highest BCUT2D eigenvalue weighted by atomic mass is 35.5. The first-order valence-electron chi connectivity index (χ1n) is 14.0. The summed E-state index contributed by atoms with van der Waals surface area (Å²) in [5.41, 5.74) is 6.62. The maximum atomic E-state index is 16.6. The summed E-state index contributed by atoms with van der Waals surface area (Å²) in [5, 5.41) is 3.46. The molecule has 3 aliphatic rings. The molecule has 7 rings (SSSR count). The van der Waals surface area contributed by atoms with Gasteiger partial charge >= 0.3 is 6.01 Å². The molecule has 0 saturated carbocycles. The lowest BCUT2D eigenvalue weighted by Crippen LogP contribution is -2.44. The zero-order chi connectivity index (χ0) is 29.2. The first kappa shape index (κ1) is 27.2. The van der Waals surface area contributed by atoms with Gasteiger partial charge in [0.2, 0.25) is 11.8 Å². The van der Waals surface area contributed by atoms with Crippen molar-refractivity contribution in [2.75, 3.05) is 43.9 Å². The van der Waals surface area contributed by atoms with E-state index in [4.69, 9.17) is 27.1 Å². The molecule has 1 atom stereocenters. The molecule has 3 N–H and O–H groups in total. The van der Waals surface area contributed by atoms with Gasteiger partial charge in [0.25, 0.3) is 0 Å². The van der Waals surface area contributed by atoms with E-state index in [1.807, 2.05) is 17.0 Å². The van der Waals surface area contributed by atoms with Crippen molar-refractivity contribution in [1.29, 1.82) is 0 Å². The minimum Gasteiger partial charge on any atom is -0.462 e. The lowest BCUT2D eigenvalue weighted by Gasteiger charge is -2.37. The fraction of sp³-hybridized carbons (Fsp3) is 0.414. The maximum Gasteiger partial charge on any atom is 0.319 e. The van der Waals surface area contributed by atoms with Crippen molar-refractivity contribution in [3.63, 3.8) is 0 Å². The number of ether oxygens (including phenoxy) is 1. The number of nitrogens with one attached hydrogen (secondary N) is 1. The van der Waals surface area contributed by atoms with Crippen molar-refractivity contribution in [2.45, 2.75) is 38.1 Å². The molecule has 2 aromatic carbocycles. The van der Waals surface area contributed by atoms with Crippen LogP contribution < -0.4 is 20.7 Å². The van der Waals surface area contributed by atoms with Crippen LogP contribution in [0.5, 0.6) is 6.01 Å². The SMILES string of the molecule is CN1CCCC1COc1nc(N2CCC3(CC2)CC(=O)NC3=O)c2cc(Cl)c(-c3cccc4sc(N)nc34)c(F)c2n1. The monoisotopic (exact) mass is 609 g/mol. The van der Waals surface area contributed by atoms with Crippen molar-refractivity contribution in [3.05, 3.63) is 35.1 Å².